The Labute approximate surface area is 271 Å². The molecule has 0 heterocycles. The molecule has 0 spiro atoms. The number of hydrogen-bond acceptors (Lipinski definition) is 9. The van der Waals surface area contributed by atoms with Crippen LogP contribution >= 0.6 is 0 Å². The van der Waals surface area contributed by atoms with E-state index in [2.05, 4.69) is 11.2 Å². The Bertz CT molecular complexity index is 232. The van der Waals surface area contributed by atoms with Crippen LogP contribution in [-0.4, -0.2) is 32.6 Å². The second-order valence-electron chi connectivity index (χ2n) is 1.10. The number of aliphatic carboxylic acids is 1. The fourth-order valence-electron chi connectivity index (χ4n) is 0. The van der Waals surface area contributed by atoms with Gasteiger partial charge in [-0.25, -0.2) is 0 Å². The summed E-state index contributed by atoms with van der Waals surface area (Å²) in [6.07, 6.45) is 0. The minimum absolute atomic E-state index is 0. The third kappa shape index (κ3) is 259. The van der Waals surface area contributed by atoms with Crippen molar-refractivity contribution in [2.45, 2.75) is 6.92 Å². The van der Waals surface area contributed by atoms with E-state index in [9.17, 15) is 0 Å². The molecular formula is C2H3Ag2K3O8S3. The molecule has 0 saturated heterocycles. The third-order valence-electron chi connectivity index (χ3n) is 0. The average molecular weight is 584 g/mol. The molecule has 0 rings (SSSR count). The zero-order chi connectivity index (χ0) is 11.7. The molecule has 16 heteroatoms. The first-order valence-electron chi connectivity index (χ1n) is 2.07. The first kappa shape index (κ1) is 49.6. The van der Waals surface area contributed by atoms with Crippen LogP contribution in [0.4, 0.5) is 0 Å². The van der Waals surface area contributed by atoms with Gasteiger partial charge < -0.3 is 28.1 Å². The maximum absolute atomic E-state index is 8.89. The first-order valence-corrected chi connectivity index (χ1v) is 5.41. The summed E-state index contributed by atoms with van der Waals surface area (Å²) in [5.74, 6) is -1.08. The smallest absolute Gasteiger partial charge is 0.784 e. The molecule has 0 radical (unpaired) electrons. The van der Waals surface area contributed by atoms with Gasteiger partial charge in [-0.05, 0) is 18.1 Å². The van der Waals surface area contributed by atoms with E-state index >= 15 is 0 Å². The van der Waals surface area contributed by atoms with Crippen molar-refractivity contribution in [3.63, 3.8) is 0 Å². The molecule has 102 valence electrons. The van der Waals surface area contributed by atoms with E-state index in [0.29, 0.717) is 0 Å². The van der Waals surface area contributed by atoms with Crippen LogP contribution < -0.4 is 159 Å². The van der Waals surface area contributed by atoms with Gasteiger partial charge in [0.25, 0.3) is 0 Å². The number of carboxylic acid groups (broad SMARTS) is 1. The minimum atomic E-state index is -4.33. The molecule has 0 aromatic rings. The predicted octanol–water partition coefficient (Wildman–Crippen LogP) is -12.2. The second kappa shape index (κ2) is 34.5. The van der Waals surface area contributed by atoms with Gasteiger partial charge in [0.15, 0.2) is 0 Å². The Morgan fingerprint density at radius 2 is 1.11 bits per heavy atom. The summed E-state index contributed by atoms with van der Waals surface area (Å²) in [5, 5.41) is 8.89. The summed E-state index contributed by atoms with van der Waals surface area (Å²) >= 11 is 0.132. The number of hydrogen-bond donors (Lipinski definition) is 0. The fourth-order valence-corrected chi connectivity index (χ4v) is 0. The van der Waals surface area contributed by atoms with Crippen LogP contribution in [0.25, 0.3) is 0 Å². The summed E-state index contributed by atoms with van der Waals surface area (Å²) in [6, 6.07) is 0. The molecule has 0 aromatic heterocycles. The topological polar surface area (TPSA) is 167 Å². The van der Waals surface area contributed by atoms with Gasteiger partial charge in [0.1, 0.15) is 0 Å². The Morgan fingerprint density at radius 3 is 1.11 bits per heavy atom. The van der Waals surface area contributed by atoms with Crippen molar-refractivity contribution in [3.05, 3.63) is 0 Å². The second-order valence-corrected chi connectivity index (χ2v) is 3.55. The molecule has 0 aliphatic carbocycles. The van der Waals surface area contributed by atoms with E-state index in [4.69, 9.17) is 36.5 Å². The van der Waals surface area contributed by atoms with Crippen LogP contribution in [0, 0.1) is 0 Å². The van der Waals surface area contributed by atoms with E-state index in [0.717, 1.165) is 6.92 Å². The van der Waals surface area contributed by atoms with Crippen LogP contribution in [0.2, 0.25) is 0 Å². The van der Waals surface area contributed by atoms with Gasteiger partial charge in [-0.2, -0.15) is 0 Å². The van der Waals surface area contributed by atoms with Crippen LogP contribution in [-0.2, 0) is 81.2 Å². The minimum Gasteiger partial charge on any atom is -0.784 e. The van der Waals surface area contributed by atoms with Gasteiger partial charge in [0, 0.05) is 5.97 Å². The SMILES string of the molecule is CC(=O)[O-].O=S([O-])([O-])=S.O=S([O-])[O-].[Ag+].[Ag+].[K+].[K+].[K+]. The summed E-state index contributed by atoms with van der Waals surface area (Å²) < 4.78 is 52.0. The average Bonchev–Trinajstić information content (AvgIpc) is 1.50. The van der Waals surface area contributed by atoms with Crippen LogP contribution in [0.3, 0.4) is 0 Å². The Hall–Kier alpha value is 6.22. The van der Waals surface area contributed by atoms with Crippen molar-refractivity contribution in [1.82, 2.24) is 0 Å². The molecule has 0 unspecified atom stereocenters. The van der Waals surface area contributed by atoms with Crippen molar-refractivity contribution in [2.24, 2.45) is 0 Å². The summed E-state index contributed by atoms with van der Waals surface area (Å²) in [7, 11) is -4.33. The first-order chi connectivity index (χ1) is 5.46. The molecule has 0 aliphatic rings. The van der Waals surface area contributed by atoms with Crippen molar-refractivity contribution < 1.29 is 235 Å². The Balaban J connectivity index is -0.0000000123. The fraction of sp³-hybridized carbons (Fsp3) is 0.500. The largest absolute Gasteiger partial charge is 1.00 e. The normalized spacial score (nSPS) is 6.56. The summed E-state index contributed by atoms with van der Waals surface area (Å²) in [5.41, 5.74) is 0. The molecule has 0 fully saturated rings. The van der Waals surface area contributed by atoms with E-state index < -0.39 is 26.4 Å². The molecule has 0 atom stereocenters. The monoisotopic (exact) mass is 582 g/mol. The van der Waals surface area contributed by atoms with E-state index in [1.54, 1.807) is 0 Å². The van der Waals surface area contributed by atoms with Gasteiger partial charge in [-0.1, -0.05) is 0 Å². The van der Waals surface area contributed by atoms with Gasteiger partial charge in [0.2, 0.25) is 0 Å². The number of carboxylic acids is 1. The van der Waals surface area contributed by atoms with Crippen molar-refractivity contribution in [2.75, 3.05) is 0 Å². The van der Waals surface area contributed by atoms with Gasteiger partial charge in [0.05, 0.1) is 0 Å². The maximum atomic E-state index is 8.89. The van der Waals surface area contributed by atoms with Gasteiger partial charge in [-0.3, -0.25) is 8.42 Å². The Morgan fingerprint density at radius 1 is 1.11 bits per heavy atom. The molecular weight excluding hydrogens is 581 g/mol. The van der Waals surface area contributed by atoms with Crippen molar-refractivity contribution >= 4 is 37.6 Å². The number of carbonyl (C=O) groups excluding carboxylic acids is 1. The van der Waals surface area contributed by atoms with E-state index in [1.807, 2.05) is 0 Å². The van der Waals surface area contributed by atoms with Crippen LogP contribution in [0.5, 0.6) is 0 Å². The third-order valence-corrected chi connectivity index (χ3v) is 0. The standard InChI is InChI=1S/C2H4O2.2Ag.3K.H2O3S2.H2O3S/c1-2(3)4;;;;;;1-5(2,3)4;1-4(2)3/h1H3,(H,3,4);;;;;;(H2,1,2,3,4);(H2,1,2,3)/q;5*+1;;/p-5. The van der Waals surface area contributed by atoms with Crippen molar-refractivity contribution in [1.29, 1.82) is 0 Å². The molecule has 0 amide bonds. The van der Waals surface area contributed by atoms with Crippen LogP contribution in [0.1, 0.15) is 6.92 Å². The molecule has 0 saturated carbocycles. The van der Waals surface area contributed by atoms with Crippen LogP contribution in [0.15, 0.2) is 0 Å². The molecule has 0 bridgehead atoms. The van der Waals surface area contributed by atoms with E-state index in [-0.39, 0.29) is 199 Å². The Kier molecular flexibility index (Phi) is 95.2. The molecule has 8 nitrogen and oxygen atoms in total. The molecule has 0 aromatic carbocycles. The zero-order valence-corrected chi connectivity index (χ0v) is 24.4. The zero-order valence-electron chi connectivity index (χ0n) is 9.59. The molecule has 0 aliphatic heterocycles. The molecule has 0 N–H and O–H groups in total. The predicted molar refractivity (Wildman–Crippen MR) is 37.4 cm³/mol. The van der Waals surface area contributed by atoms with E-state index in [1.165, 1.54) is 0 Å². The molecule has 18 heavy (non-hydrogen) atoms. The van der Waals surface area contributed by atoms with Gasteiger partial charge in [-0.15, -0.1) is 20.4 Å². The van der Waals surface area contributed by atoms with Crippen molar-refractivity contribution in [3.8, 4) is 0 Å². The number of rotatable bonds is 0. The maximum Gasteiger partial charge on any atom is 1.00 e. The summed E-state index contributed by atoms with van der Waals surface area (Å²) in [6.45, 7) is 0.972. The quantitative estimate of drug-likeness (QED) is 0.199. The van der Waals surface area contributed by atoms with Gasteiger partial charge >= 0.3 is 199 Å². The number of carbonyl (C=O) groups is 1. The summed E-state index contributed by atoms with van der Waals surface area (Å²) in [4.78, 5) is 8.89.